The Bertz CT molecular complexity index is 1340. The van der Waals surface area contributed by atoms with E-state index in [0.29, 0.717) is 35.7 Å². The number of aliphatic hydroxyl groups is 1. The largest absolute Gasteiger partial charge is 0.390 e. The first-order chi connectivity index (χ1) is 18.8. The van der Waals surface area contributed by atoms with Crippen LogP contribution in [-0.4, -0.2) is 60.4 Å². The standard InChI is InChI=1S/C29H33FN4O4S/c30-22-9-10-25-26(16-22)39-13-11-28(37)34(25)12-3-6-27(36)33-24(29(38)32-18-23(35)17-31)15-19-7-8-20-4-1-2-5-21(20)14-19/h1-2,4-5,7-10,14,16,23-24,35H,3,6,11-13,15,17-18,31H2,(H,32,38)(H,33,36). The third kappa shape index (κ3) is 7.78. The lowest BCUT2D eigenvalue weighted by molar-refractivity contribution is -0.129. The van der Waals surface area contributed by atoms with Crippen molar-refractivity contribution in [3.8, 4) is 0 Å². The predicted octanol–water partition coefficient (Wildman–Crippen LogP) is 2.75. The lowest BCUT2D eigenvalue weighted by Crippen LogP contribution is -2.50. The SMILES string of the molecule is NCC(O)CNC(=O)C(Cc1ccc2ccccc2c1)NC(=O)CCCN1C(=O)CCSc2cc(F)ccc21. The minimum atomic E-state index is -0.883. The second-order valence-corrected chi connectivity index (χ2v) is 10.6. The molecule has 3 aromatic rings. The molecule has 2 atom stereocenters. The molecule has 0 radical (unpaired) electrons. The zero-order valence-corrected chi connectivity index (χ0v) is 22.4. The summed E-state index contributed by atoms with van der Waals surface area (Å²) in [6.45, 7) is 0.287. The molecular formula is C29H33FN4O4S. The van der Waals surface area contributed by atoms with E-state index in [0.717, 1.165) is 16.3 Å². The second kappa shape index (κ2) is 13.5. The smallest absolute Gasteiger partial charge is 0.243 e. The van der Waals surface area contributed by atoms with Crippen LogP contribution in [-0.2, 0) is 20.8 Å². The number of carbonyl (C=O) groups excluding carboxylic acids is 3. The Labute approximate surface area is 231 Å². The molecule has 10 heteroatoms. The van der Waals surface area contributed by atoms with Gasteiger partial charge in [0, 0.05) is 49.5 Å². The fourth-order valence-corrected chi connectivity index (χ4v) is 5.51. The van der Waals surface area contributed by atoms with E-state index in [-0.39, 0.29) is 43.6 Å². The quantitative estimate of drug-likeness (QED) is 0.290. The van der Waals surface area contributed by atoms with E-state index >= 15 is 0 Å². The van der Waals surface area contributed by atoms with Crippen LogP contribution in [0.15, 0.2) is 65.6 Å². The molecule has 2 unspecified atom stereocenters. The molecule has 0 saturated carbocycles. The van der Waals surface area contributed by atoms with Crippen molar-refractivity contribution in [1.29, 1.82) is 0 Å². The van der Waals surface area contributed by atoms with Crippen molar-refractivity contribution in [3.63, 3.8) is 0 Å². The molecule has 3 amide bonds. The fraction of sp³-hybridized carbons (Fsp3) is 0.345. The Morgan fingerprint density at radius 1 is 1.10 bits per heavy atom. The maximum Gasteiger partial charge on any atom is 0.243 e. The zero-order valence-electron chi connectivity index (χ0n) is 21.6. The molecule has 5 N–H and O–H groups in total. The van der Waals surface area contributed by atoms with E-state index in [2.05, 4.69) is 10.6 Å². The molecule has 0 aliphatic carbocycles. The molecule has 1 heterocycles. The molecule has 0 bridgehead atoms. The van der Waals surface area contributed by atoms with E-state index in [1.165, 1.54) is 23.9 Å². The Balaban J connectivity index is 1.40. The molecule has 0 spiro atoms. The van der Waals surface area contributed by atoms with Crippen LogP contribution in [0, 0.1) is 5.82 Å². The summed E-state index contributed by atoms with van der Waals surface area (Å²) in [5, 5.41) is 17.3. The first-order valence-electron chi connectivity index (χ1n) is 13.0. The molecule has 206 valence electrons. The van der Waals surface area contributed by atoms with Gasteiger partial charge in [-0.2, -0.15) is 0 Å². The van der Waals surface area contributed by atoms with Crippen molar-refractivity contribution >= 4 is 45.9 Å². The van der Waals surface area contributed by atoms with Gasteiger partial charge < -0.3 is 26.4 Å². The number of aliphatic hydroxyl groups excluding tert-OH is 1. The first-order valence-corrected chi connectivity index (χ1v) is 14.0. The summed E-state index contributed by atoms with van der Waals surface area (Å²) in [5.74, 6) is -0.604. The van der Waals surface area contributed by atoms with Crippen LogP contribution in [0.4, 0.5) is 10.1 Å². The average Bonchev–Trinajstić information content (AvgIpc) is 3.08. The topological polar surface area (TPSA) is 125 Å². The summed E-state index contributed by atoms with van der Waals surface area (Å²) in [4.78, 5) is 40.9. The monoisotopic (exact) mass is 552 g/mol. The molecule has 1 aliphatic heterocycles. The summed E-state index contributed by atoms with van der Waals surface area (Å²) in [7, 11) is 0. The van der Waals surface area contributed by atoms with Gasteiger partial charge in [-0.05, 0) is 41.0 Å². The minimum Gasteiger partial charge on any atom is -0.390 e. The number of benzene rings is 3. The van der Waals surface area contributed by atoms with E-state index in [4.69, 9.17) is 5.73 Å². The lowest BCUT2D eigenvalue weighted by atomic mass is 10.0. The van der Waals surface area contributed by atoms with Crippen LogP contribution in [0.2, 0.25) is 0 Å². The molecular weight excluding hydrogens is 519 g/mol. The summed E-state index contributed by atoms with van der Waals surface area (Å²) < 4.78 is 13.7. The average molecular weight is 553 g/mol. The van der Waals surface area contributed by atoms with E-state index in [1.807, 2.05) is 42.5 Å². The van der Waals surface area contributed by atoms with Crippen molar-refractivity contribution in [2.24, 2.45) is 5.73 Å². The van der Waals surface area contributed by atoms with Crippen LogP contribution < -0.4 is 21.3 Å². The molecule has 4 rings (SSSR count). The number of anilines is 1. The van der Waals surface area contributed by atoms with Gasteiger partial charge in [0.25, 0.3) is 0 Å². The van der Waals surface area contributed by atoms with E-state index in [1.54, 1.807) is 11.0 Å². The summed E-state index contributed by atoms with van der Waals surface area (Å²) >= 11 is 1.44. The van der Waals surface area contributed by atoms with Crippen LogP contribution in [0.1, 0.15) is 24.8 Å². The number of nitrogens with one attached hydrogen (secondary N) is 2. The first kappa shape index (κ1) is 28.5. The van der Waals surface area contributed by atoms with Gasteiger partial charge >= 0.3 is 0 Å². The highest BCUT2D eigenvalue weighted by atomic mass is 32.2. The normalized spacial score (nSPS) is 14.8. The van der Waals surface area contributed by atoms with Gasteiger partial charge in [0.15, 0.2) is 0 Å². The Morgan fingerprint density at radius 2 is 1.90 bits per heavy atom. The summed E-state index contributed by atoms with van der Waals surface area (Å²) in [6.07, 6.45) is 0.180. The van der Waals surface area contributed by atoms with Gasteiger partial charge in [0.05, 0.1) is 11.8 Å². The van der Waals surface area contributed by atoms with Crippen molar-refractivity contribution < 1.29 is 23.9 Å². The Kier molecular flexibility index (Phi) is 9.91. The van der Waals surface area contributed by atoms with Crippen LogP contribution in [0.25, 0.3) is 10.8 Å². The van der Waals surface area contributed by atoms with Crippen LogP contribution in [0.3, 0.4) is 0 Å². The van der Waals surface area contributed by atoms with Crippen molar-refractivity contribution in [1.82, 2.24) is 10.6 Å². The van der Waals surface area contributed by atoms with Crippen molar-refractivity contribution in [3.05, 3.63) is 72.0 Å². The van der Waals surface area contributed by atoms with Gasteiger partial charge in [-0.1, -0.05) is 42.5 Å². The molecule has 0 fully saturated rings. The maximum atomic E-state index is 13.7. The highest BCUT2D eigenvalue weighted by molar-refractivity contribution is 7.99. The number of halogens is 1. The number of hydrogen-bond donors (Lipinski definition) is 4. The molecule has 1 aliphatic rings. The van der Waals surface area contributed by atoms with Gasteiger partial charge in [-0.25, -0.2) is 4.39 Å². The van der Waals surface area contributed by atoms with Gasteiger partial charge in [0.1, 0.15) is 11.9 Å². The van der Waals surface area contributed by atoms with Gasteiger partial charge in [0.2, 0.25) is 17.7 Å². The number of nitrogens with zero attached hydrogens (tertiary/aromatic N) is 1. The second-order valence-electron chi connectivity index (χ2n) is 9.50. The van der Waals surface area contributed by atoms with Crippen molar-refractivity contribution in [2.45, 2.75) is 42.7 Å². The van der Waals surface area contributed by atoms with E-state index in [9.17, 15) is 23.9 Å². The van der Waals surface area contributed by atoms with Gasteiger partial charge in [-0.15, -0.1) is 11.8 Å². The molecule has 0 aromatic heterocycles. The third-order valence-corrected chi connectivity index (χ3v) is 7.61. The van der Waals surface area contributed by atoms with Crippen LogP contribution >= 0.6 is 11.8 Å². The minimum absolute atomic E-state index is 0.00543. The maximum absolute atomic E-state index is 13.7. The summed E-state index contributed by atoms with van der Waals surface area (Å²) in [5.41, 5.74) is 6.97. The number of rotatable bonds is 11. The molecule has 39 heavy (non-hydrogen) atoms. The molecule has 8 nitrogen and oxygen atoms in total. The lowest BCUT2D eigenvalue weighted by Gasteiger charge is -2.23. The zero-order chi connectivity index (χ0) is 27.8. The number of amides is 3. The van der Waals surface area contributed by atoms with Crippen LogP contribution in [0.5, 0.6) is 0 Å². The number of nitrogens with two attached hydrogens (primary N) is 1. The number of carbonyl (C=O) groups is 3. The van der Waals surface area contributed by atoms with Gasteiger partial charge in [-0.3, -0.25) is 14.4 Å². The highest BCUT2D eigenvalue weighted by Crippen LogP contribution is 2.35. The van der Waals surface area contributed by atoms with Crippen molar-refractivity contribution in [2.75, 3.05) is 30.3 Å². The molecule has 0 saturated heterocycles. The van der Waals surface area contributed by atoms with E-state index < -0.39 is 18.1 Å². The summed E-state index contributed by atoms with van der Waals surface area (Å²) in [6, 6.07) is 17.3. The number of hydrogen-bond acceptors (Lipinski definition) is 6. The Hall–Kier alpha value is -3.47. The Morgan fingerprint density at radius 3 is 2.69 bits per heavy atom. The number of fused-ring (bicyclic) bond motifs is 2. The molecule has 3 aromatic carbocycles. The predicted molar refractivity (Wildman–Crippen MR) is 151 cm³/mol. The number of thioether (sulfide) groups is 1. The fourth-order valence-electron chi connectivity index (χ4n) is 4.49. The highest BCUT2D eigenvalue weighted by Gasteiger charge is 2.25. The third-order valence-electron chi connectivity index (χ3n) is 6.56.